The summed E-state index contributed by atoms with van der Waals surface area (Å²) in [4.78, 5) is 16.3. The monoisotopic (exact) mass is 933 g/mol. The Labute approximate surface area is 378 Å². The number of sulfonamides is 2. The number of carbonyl (C=O) groups is 1. The van der Waals surface area contributed by atoms with E-state index in [1.54, 1.807) is 93.4 Å². The minimum atomic E-state index is -4.88. The van der Waals surface area contributed by atoms with Crippen LogP contribution in [0.4, 0.5) is 10.5 Å². The number of nitrogens with zero attached hydrogens (tertiary/aromatic N) is 7. The Morgan fingerprint density at radius 2 is 1.39 bits per heavy atom. The smallest absolute Gasteiger partial charge is 0.410 e. The second-order valence-corrected chi connectivity index (χ2v) is 20.1. The predicted molar refractivity (Wildman–Crippen MR) is 242 cm³/mol. The molecule has 0 saturated carbocycles. The molecule has 3 heterocycles. The fourth-order valence-electron chi connectivity index (χ4n) is 7.32. The van der Waals surface area contributed by atoms with Gasteiger partial charge in [0.15, 0.2) is 5.11 Å². The topological polar surface area (TPSA) is 200 Å². The Hall–Kier alpha value is -5.87. The molecule has 64 heavy (non-hydrogen) atoms. The molecule has 2 saturated heterocycles. The zero-order valence-corrected chi connectivity index (χ0v) is 38.8. The van der Waals surface area contributed by atoms with Gasteiger partial charge in [0.05, 0.1) is 39.1 Å². The molecule has 1 amide bonds. The van der Waals surface area contributed by atoms with E-state index in [1.165, 1.54) is 40.4 Å². The Balaban J connectivity index is 1.40. The number of methoxy groups -OCH3 is 3. The lowest BCUT2D eigenvalue weighted by Gasteiger charge is -2.28. The van der Waals surface area contributed by atoms with Gasteiger partial charge >= 0.3 is 6.09 Å². The number of tetrazole rings is 1. The van der Waals surface area contributed by atoms with Gasteiger partial charge < -0.3 is 34.1 Å². The van der Waals surface area contributed by atoms with Crippen LogP contribution in [-0.4, -0.2) is 117 Å². The highest BCUT2D eigenvalue weighted by atomic mass is 32.2. The van der Waals surface area contributed by atoms with Crippen LogP contribution in [0, 0.1) is 0 Å². The van der Waals surface area contributed by atoms with Crippen molar-refractivity contribution in [1.82, 2.24) is 39.5 Å². The molecule has 5 aromatic rings. The van der Waals surface area contributed by atoms with Crippen LogP contribution in [-0.2, 0) is 44.4 Å². The van der Waals surface area contributed by atoms with Crippen molar-refractivity contribution in [2.24, 2.45) is 0 Å². The van der Waals surface area contributed by atoms with Crippen LogP contribution >= 0.6 is 12.2 Å². The molecular weight excluding hydrogens is 883 g/mol. The van der Waals surface area contributed by atoms with Gasteiger partial charge in [0.1, 0.15) is 32.6 Å². The summed E-state index contributed by atoms with van der Waals surface area (Å²) in [5, 5.41) is 16.8. The third-order valence-electron chi connectivity index (χ3n) is 10.5. The Morgan fingerprint density at radius 3 is 1.91 bits per heavy atom. The fraction of sp³-hybridized carbons (Fsp3) is 0.372. The van der Waals surface area contributed by atoms with E-state index in [1.807, 2.05) is 12.1 Å². The number of rotatable bonds is 16. The summed E-state index contributed by atoms with van der Waals surface area (Å²) in [6, 6.07) is 23.1. The van der Waals surface area contributed by atoms with E-state index in [2.05, 4.69) is 25.4 Å². The van der Waals surface area contributed by atoms with Crippen molar-refractivity contribution in [3.63, 3.8) is 0 Å². The maximum atomic E-state index is 15.9. The second kappa shape index (κ2) is 19.1. The molecule has 1 atom stereocenters. The van der Waals surface area contributed by atoms with Crippen molar-refractivity contribution in [1.29, 1.82) is 0 Å². The van der Waals surface area contributed by atoms with Gasteiger partial charge in [0.25, 0.3) is 0 Å². The van der Waals surface area contributed by atoms with Gasteiger partial charge in [0, 0.05) is 45.3 Å². The van der Waals surface area contributed by atoms with Crippen LogP contribution in [0.1, 0.15) is 43.9 Å². The lowest BCUT2D eigenvalue weighted by Crippen LogP contribution is -2.41. The van der Waals surface area contributed by atoms with Crippen molar-refractivity contribution in [2.75, 3.05) is 52.4 Å². The van der Waals surface area contributed by atoms with Crippen LogP contribution in [0.15, 0.2) is 94.7 Å². The summed E-state index contributed by atoms with van der Waals surface area (Å²) in [6.45, 7) is 6.02. The first-order valence-electron chi connectivity index (χ1n) is 20.4. The van der Waals surface area contributed by atoms with Crippen LogP contribution in [0.3, 0.4) is 0 Å². The summed E-state index contributed by atoms with van der Waals surface area (Å²) in [5.74, 6) is 1.64. The second-order valence-electron chi connectivity index (χ2n) is 16.2. The number of hydrogen-bond donors (Lipinski definition) is 2. The number of carbonyl (C=O) groups excluding carboxylic acids is 1. The van der Waals surface area contributed by atoms with Gasteiger partial charge in [-0.05, 0) is 110 Å². The SMILES string of the molecule is COc1ccc(CN(Cc2ccc(OC)cc2)S(=O)(=O)c2c(S(=O)(=O)N[C@@H]3CCN(C(=O)OC(C)(C)C)C3)ccc(N3CCNC3=S)c2-c2nnn(Cc3ccc(OC)cc3)n2)cc1. The molecule has 2 fully saturated rings. The van der Waals surface area contributed by atoms with Crippen LogP contribution in [0.5, 0.6) is 17.2 Å². The summed E-state index contributed by atoms with van der Waals surface area (Å²) in [7, 11) is -4.95. The molecule has 0 spiro atoms. The normalized spacial score (nSPS) is 15.7. The Bertz CT molecular complexity index is 2640. The average molecular weight is 934 g/mol. The van der Waals surface area contributed by atoms with Crippen molar-refractivity contribution >= 4 is 49.2 Å². The third kappa shape index (κ3) is 10.6. The lowest BCUT2D eigenvalue weighted by atomic mass is 10.1. The summed E-state index contributed by atoms with van der Waals surface area (Å²) < 4.78 is 87.2. The molecule has 21 heteroatoms. The zero-order chi connectivity index (χ0) is 45.8. The van der Waals surface area contributed by atoms with E-state index in [9.17, 15) is 13.2 Å². The Morgan fingerprint density at radius 1 is 0.828 bits per heavy atom. The molecule has 4 aromatic carbocycles. The average Bonchev–Trinajstić information content (AvgIpc) is 4.05. The Kier molecular flexibility index (Phi) is 13.8. The van der Waals surface area contributed by atoms with Gasteiger partial charge in [-0.15, -0.1) is 10.2 Å². The molecule has 1 aromatic heterocycles. The highest BCUT2D eigenvalue weighted by Crippen LogP contribution is 2.42. The predicted octanol–water partition coefficient (Wildman–Crippen LogP) is 4.79. The largest absolute Gasteiger partial charge is 0.497 e. The minimum absolute atomic E-state index is 0.00279. The van der Waals surface area contributed by atoms with Gasteiger partial charge in [0.2, 0.25) is 25.9 Å². The number of hydrogen-bond acceptors (Lipinski definition) is 13. The van der Waals surface area contributed by atoms with Gasteiger partial charge in [-0.3, -0.25) is 0 Å². The molecule has 2 aliphatic heterocycles. The third-order valence-corrected chi connectivity index (χ3v) is 14.4. The molecule has 7 rings (SSSR count). The molecule has 0 radical (unpaired) electrons. The van der Waals surface area contributed by atoms with E-state index in [-0.39, 0.29) is 56.2 Å². The van der Waals surface area contributed by atoms with Crippen LogP contribution < -0.4 is 29.1 Å². The number of amides is 1. The number of aromatic nitrogens is 4. The first-order chi connectivity index (χ1) is 30.5. The van der Waals surface area contributed by atoms with Crippen LogP contribution in [0.25, 0.3) is 11.4 Å². The first-order valence-corrected chi connectivity index (χ1v) is 23.7. The van der Waals surface area contributed by atoms with Crippen molar-refractivity contribution in [3.8, 4) is 28.6 Å². The van der Waals surface area contributed by atoms with E-state index in [4.69, 9.17) is 31.2 Å². The number of anilines is 1. The highest BCUT2D eigenvalue weighted by Gasteiger charge is 2.41. The number of benzene rings is 4. The molecule has 0 aliphatic carbocycles. The molecule has 340 valence electrons. The summed E-state index contributed by atoms with van der Waals surface area (Å²) >= 11 is 5.70. The molecular formula is C43H51N9O9S3. The molecule has 2 N–H and O–H groups in total. The van der Waals surface area contributed by atoms with E-state index in [0.29, 0.717) is 46.6 Å². The van der Waals surface area contributed by atoms with Crippen molar-refractivity contribution < 1.29 is 40.6 Å². The van der Waals surface area contributed by atoms with Crippen molar-refractivity contribution in [3.05, 3.63) is 102 Å². The molecule has 18 nitrogen and oxygen atoms in total. The van der Waals surface area contributed by atoms with Crippen LogP contribution in [0.2, 0.25) is 0 Å². The zero-order valence-electron chi connectivity index (χ0n) is 36.3. The van der Waals surface area contributed by atoms with Gasteiger partial charge in [-0.2, -0.15) is 9.10 Å². The molecule has 0 bridgehead atoms. The maximum Gasteiger partial charge on any atom is 0.410 e. The molecule has 0 unspecified atom stereocenters. The van der Waals surface area contributed by atoms with Gasteiger partial charge in [-0.1, -0.05) is 36.4 Å². The summed E-state index contributed by atoms with van der Waals surface area (Å²) in [6.07, 6.45) is -0.336. The number of ether oxygens (including phenoxy) is 4. The van der Waals surface area contributed by atoms with E-state index >= 15 is 8.42 Å². The minimum Gasteiger partial charge on any atom is -0.497 e. The van der Waals surface area contributed by atoms with Crippen molar-refractivity contribution in [2.45, 2.75) is 68.3 Å². The van der Waals surface area contributed by atoms with E-state index in [0.717, 1.165) is 5.56 Å². The lowest BCUT2D eigenvalue weighted by molar-refractivity contribution is 0.0292. The standard InChI is InChI=1S/C43H51N9O9S3/c1-43(2,3)61-42(53)49-23-21-32(28-49)47-63(54,55)37-20-19-36(51-24-22-44-41(51)62)38(40-45-48-52(46-40)27-31-11-17-35(60-6)18-12-31)39(37)64(56,57)50(25-29-7-13-33(58-4)14-8-29)26-30-9-15-34(59-5)16-10-30/h7-20,32,47H,21-28H2,1-6H3,(H,44,62)/t32-/m1/s1. The number of likely N-dealkylation sites (tertiary alicyclic amines) is 1. The van der Waals surface area contributed by atoms with Gasteiger partial charge in [-0.25, -0.2) is 26.4 Å². The van der Waals surface area contributed by atoms with E-state index < -0.39 is 47.6 Å². The number of nitrogens with one attached hydrogen (secondary N) is 2. The highest BCUT2D eigenvalue weighted by molar-refractivity contribution is 7.92. The molecule has 2 aliphatic rings. The fourth-order valence-corrected chi connectivity index (χ4v) is 11.3. The number of thiocarbonyl (C=S) groups is 1. The first kappa shape index (κ1) is 46.1. The summed E-state index contributed by atoms with van der Waals surface area (Å²) in [5.41, 5.74) is 1.36. The maximum absolute atomic E-state index is 15.9. The quantitative estimate of drug-likeness (QED) is 0.128.